The number of hydrogen-bond donors (Lipinski definition) is 1. The van der Waals surface area contributed by atoms with Crippen LogP contribution in [0.5, 0.6) is 5.75 Å². The maximum Gasteiger partial charge on any atom is 0.263 e. The van der Waals surface area contributed by atoms with Gasteiger partial charge in [0, 0.05) is 17.7 Å². The molecule has 3 rings (SSSR count). The van der Waals surface area contributed by atoms with Crippen LogP contribution in [0.1, 0.15) is 5.76 Å². The normalized spacial score (nSPS) is 15.9. The van der Waals surface area contributed by atoms with Gasteiger partial charge in [0.15, 0.2) is 0 Å². The van der Waals surface area contributed by atoms with E-state index in [0.717, 1.165) is 23.9 Å². The molecule has 0 atom stereocenters. The van der Waals surface area contributed by atoms with E-state index in [4.69, 9.17) is 16.6 Å². The van der Waals surface area contributed by atoms with Crippen molar-refractivity contribution < 1.29 is 19.2 Å². The summed E-state index contributed by atoms with van der Waals surface area (Å²) in [5.41, 5.74) is -0.116. The number of hydrogen-bond acceptors (Lipinski definition) is 7. The first-order valence-corrected chi connectivity index (χ1v) is 7.47. The number of nitro groups is 1. The lowest BCUT2D eigenvalue weighted by Gasteiger charge is -2.06. The molecule has 0 unspecified atom stereocenters. The molecule has 0 aliphatic carbocycles. The number of benzene rings is 1. The minimum Gasteiger partial charge on any atom is -0.868 e. The third-order valence-corrected chi connectivity index (χ3v) is 4.15. The molecule has 23 heavy (non-hydrogen) atoms. The lowest BCUT2D eigenvalue weighted by Crippen LogP contribution is -2.17. The van der Waals surface area contributed by atoms with Gasteiger partial charge in [0.05, 0.1) is 9.83 Å². The maximum absolute atomic E-state index is 11.6. The fourth-order valence-corrected chi connectivity index (χ4v) is 2.97. The summed E-state index contributed by atoms with van der Waals surface area (Å²) >= 11 is 6.01. The molecule has 2 aromatic rings. The predicted octanol–water partition coefficient (Wildman–Crippen LogP) is 2.42. The highest BCUT2D eigenvalue weighted by molar-refractivity contribution is 8.26. The second kappa shape index (κ2) is 5.86. The Balaban J connectivity index is 1.92. The number of nitro benzene ring substituents is 1. The monoisotopic (exact) mass is 347 g/mol. The molecule has 1 N–H and O–H groups in total. The highest BCUT2D eigenvalue weighted by atomic mass is 32.2. The van der Waals surface area contributed by atoms with E-state index >= 15 is 0 Å². The summed E-state index contributed by atoms with van der Waals surface area (Å²) in [4.78, 5) is 22.1. The molecule has 7 nitrogen and oxygen atoms in total. The van der Waals surface area contributed by atoms with Gasteiger partial charge in [-0.3, -0.25) is 14.9 Å². The van der Waals surface area contributed by atoms with E-state index < -0.39 is 16.4 Å². The van der Waals surface area contributed by atoms with Crippen molar-refractivity contribution in [3.8, 4) is 17.1 Å². The first-order chi connectivity index (χ1) is 10.9. The van der Waals surface area contributed by atoms with Gasteiger partial charge in [0.25, 0.3) is 11.6 Å². The Morgan fingerprint density at radius 2 is 2.09 bits per heavy atom. The number of carbonyl (C=O) groups is 1. The summed E-state index contributed by atoms with van der Waals surface area (Å²) in [6.07, 6.45) is 1.53. The van der Waals surface area contributed by atoms with E-state index in [2.05, 4.69) is 5.32 Å². The lowest BCUT2D eigenvalue weighted by atomic mass is 10.1. The van der Waals surface area contributed by atoms with E-state index in [9.17, 15) is 20.0 Å². The second-order valence-corrected chi connectivity index (χ2v) is 6.21. The van der Waals surface area contributed by atoms with Crippen LogP contribution < -0.4 is 10.4 Å². The van der Waals surface area contributed by atoms with E-state index in [1.807, 2.05) is 0 Å². The van der Waals surface area contributed by atoms with Crippen LogP contribution >= 0.6 is 24.0 Å². The van der Waals surface area contributed by atoms with Crippen molar-refractivity contribution in [3.63, 3.8) is 0 Å². The van der Waals surface area contributed by atoms with Crippen molar-refractivity contribution in [2.24, 2.45) is 0 Å². The van der Waals surface area contributed by atoms with Crippen LogP contribution in [0.2, 0.25) is 0 Å². The molecule has 116 valence electrons. The van der Waals surface area contributed by atoms with Crippen LogP contribution in [0.25, 0.3) is 17.4 Å². The molecule has 0 saturated carbocycles. The molecule has 1 saturated heterocycles. The van der Waals surface area contributed by atoms with Gasteiger partial charge >= 0.3 is 0 Å². The van der Waals surface area contributed by atoms with Crippen LogP contribution in [0.15, 0.2) is 39.7 Å². The Labute approximate surface area is 139 Å². The molecule has 1 aromatic heterocycles. The molecule has 1 aromatic carbocycles. The molecule has 1 fully saturated rings. The first-order valence-electron chi connectivity index (χ1n) is 6.24. The summed E-state index contributed by atoms with van der Waals surface area (Å²) in [5, 5.41) is 24.7. The SMILES string of the molecule is O=C1NC(=S)S/C1=C/c1ccc(-c2ccc([O-])c([N+](=O)[O-])c2)o1. The topological polar surface area (TPSA) is 108 Å². The smallest absolute Gasteiger partial charge is 0.263 e. The van der Waals surface area contributed by atoms with E-state index in [1.54, 1.807) is 12.1 Å². The Morgan fingerprint density at radius 3 is 2.74 bits per heavy atom. The van der Waals surface area contributed by atoms with Gasteiger partial charge in [-0.15, -0.1) is 0 Å². The fraction of sp³-hybridized carbons (Fsp3) is 0. The number of rotatable bonds is 3. The molecule has 1 amide bonds. The van der Waals surface area contributed by atoms with Crippen LogP contribution in [0.4, 0.5) is 5.69 Å². The van der Waals surface area contributed by atoms with Crippen LogP contribution in [-0.2, 0) is 4.79 Å². The van der Waals surface area contributed by atoms with Gasteiger partial charge in [-0.25, -0.2) is 0 Å². The van der Waals surface area contributed by atoms with E-state index in [0.29, 0.717) is 26.3 Å². The minimum atomic E-state index is -0.738. The highest BCUT2D eigenvalue weighted by Crippen LogP contribution is 2.32. The maximum atomic E-state index is 11.6. The Kier molecular flexibility index (Phi) is 3.89. The minimum absolute atomic E-state index is 0.302. The Bertz CT molecular complexity index is 872. The number of thioether (sulfide) groups is 1. The third kappa shape index (κ3) is 3.10. The first kappa shape index (κ1) is 15.3. The molecule has 1 aliphatic rings. The number of thiocarbonyl (C=S) groups is 1. The van der Waals surface area contributed by atoms with Crippen LogP contribution in [0.3, 0.4) is 0 Å². The zero-order chi connectivity index (χ0) is 16.6. The van der Waals surface area contributed by atoms with Gasteiger partial charge < -0.3 is 14.8 Å². The van der Waals surface area contributed by atoms with Crippen molar-refractivity contribution in [2.45, 2.75) is 0 Å². The lowest BCUT2D eigenvalue weighted by molar-refractivity contribution is -0.398. The average molecular weight is 347 g/mol. The number of amides is 1. The summed E-state index contributed by atoms with van der Waals surface area (Å²) in [5.74, 6) is -0.216. The zero-order valence-electron chi connectivity index (χ0n) is 11.3. The van der Waals surface area contributed by atoms with Gasteiger partial charge in [-0.1, -0.05) is 36.1 Å². The molecular weight excluding hydrogens is 340 g/mol. The summed E-state index contributed by atoms with van der Waals surface area (Å²) in [6, 6.07) is 6.94. The molecule has 0 radical (unpaired) electrons. The average Bonchev–Trinajstić information content (AvgIpc) is 3.06. The van der Waals surface area contributed by atoms with Crippen molar-refractivity contribution >= 4 is 46.0 Å². The third-order valence-electron chi connectivity index (χ3n) is 2.98. The van der Waals surface area contributed by atoms with Gasteiger partial charge in [-0.05, 0) is 17.9 Å². The molecule has 1 aliphatic heterocycles. The molecular formula is C14H7N2O5S2-. The Morgan fingerprint density at radius 1 is 1.30 bits per heavy atom. The van der Waals surface area contributed by atoms with Crippen molar-refractivity contribution in [2.75, 3.05) is 0 Å². The summed E-state index contributed by atoms with van der Waals surface area (Å²) < 4.78 is 5.92. The molecule has 0 bridgehead atoms. The standard InChI is InChI=1S/C14H8N2O5S2/c17-10-3-1-7(5-9(10)16(19)20)11-4-2-8(21-11)6-12-13(18)15-14(22)23-12/h1-6,17H,(H,15,18,22)/p-1/b12-6+. The Hall–Kier alpha value is -2.65. The molecule has 2 heterocycles. The van der Waals surface area contributed by atoms with E-state index in [1.165, 1.54) is 12.1 Å². The van der Waals surface area contributed by atoms with Crippen molar-refractivity contribution in [1.29, 1.82) is 0 Å². The predicted molar refractivity (Wildman–Crippen MR) is 86.6 cm³/mol. The zero-order valence-corrected chi connectivity index (χ0v) is 12.9. The fourth-order valence-electron chi connectivity index (χ4n) is 1.95. The summed E-state index contributed by atoms with van der Waals surface area (Å²) in [6.45, 7) is 0. The molecule has 0 spiro atoms. The highest BCUT2D eigenvalue weighted by Gasteiger charge is 2.22. The van der Waals surface area contributed by atoms with Crippen molar-refractivity contribution in [1.82, 2.24) is 5.32 Å². The van der Waals surface area contributed by atoms with Gasteiger partial charge in [0.1, 0.15) is 15.8 Å². The number of furan rings is 1. The quantitative estimate of drug-likeness (QED) is 0.393. The summed E-state index contributed by atoms with van der Waals surface area (Å²) in [7, 11) is 0. The van der Waals surface area contributed by atoms with Crippen LogP contribution in [0, 0.1) is 10.1 Å². The van der Waals surface area contributed by atoms with Crippen LogP contribution in [-0.4, -0.2) is 15.2 Å². The van der Waals surface area contributed by atoms with E-state index in [-0.39, 0.29) is 5.91 Å². The largest absolute Gasteiger partial charge is 0.868 e. The number of carbonyl (C=O) groups excluding carboxylic acids is 1. The number of nitrogens with zero attached hydrogens (tertiary/aromatic N) is 1. The van der Waals surface area contributed by atoms with Crippen molar-refractivity contribution in [3.05, 3.63) is 51.1 Å². The van der Waals surface area contributed by atoms with Gasteiger partial charge in [0.2, 0.25) is 0 Å². The molecule has 9 heteroatoms. The van der Waals surface area contributed by atoms with Gasteiger partial charge in [-0.2, -0.15) is 0 Å². The number of nitrogens with one attached hydrogen (secondary N) is 1. The second-order valence-electron chi connectivity index (χ2n) is 4.49.